The molecule has 0 unspecified atom stereocenters. The SMILES string of the molecule is CCC(=O)c1cn(C)c2c(Br)cccc12. The van der Waals surface area contributed by atoms with Crippen LogP contribution in [0.1, 0.15) is 23.7 Å². The lowest BCUT2D eigenvalue weighted by atomic mass is 10.1. The molecule has 2 aromatic rings. The molecule has 0 spiro atoms. The molecule has 0 aliphatic carbocycles. The summed E-state index contributed by atoms with van der Waals surface area (Å²) in [6, 6.07) is 5.93. The van der Waals surface area contributed by atoms with Gasteiger partial charge in [0.05, 0.1) is 5.52 Å². The summed E-state index contributed by atoms with van der Waals surface area (Å²) < 4.78 is 3.01. The number of carbonyl (C=O) groups excluding carboxylic acids is 1. The summed E-state index contributed by atoms with van der Waals surface area (Å²) in [6.45, 7) is 1.89. The van der Waals surface area contributed by atoms with Gasteiger partial charge in [-0.1, -0.05) is 19.1 Å². The van der Waals surface area contributed by atoms with Crippen molar-refractivity contribution >= 4 is 32.6 Å². The summed E-state index contributed by atoms with van der Waals surface area (Å²) in [4.78, 5) is 11.7. The summed E-state index contributed by atoms with van der Waals surface area (Å²) in [5.74, 6) is 0.193. The minimum absolute atomic E-state index is 0.193. The van der Waals surface area contributed by atoms with E-state index in [1.165, 1.54) is 0 Å². The Labute approximate surface area is 97.0 Å². The second-order valence-corrected chi connectivity index (χ2v) is 4.42. The average Bonchev–Trinajstić information content (AvgIpc) is 2.56. The third kappa shape index (κ3) is 1.61. The number of carbonyl (C=O) groups is 1. The van der Waals surface area contributed by atoms with E-state index in [0.717, 1.165) is 20.9 Å². The normalized spacial score (nSPS) is 10.9. The van der Waals surface area contributed by atoms with E-state index in [9.17, 15) is 4.79 Å². The Bertz CT molecular complexity index is 528. The molecule has 0 amide bonds. The highest BCUT2D eigenvalue weighted by Crippen LogP contribution is 2.28. The first kappa shape index (κ1) is 10.4. The van der Waals surface area contributed by atoms with Crippen molar-refractivity contribution in [2.45, 2.75) is 13.3 Å². The second-order valence-electron chi connectivity index (χ2n) is 3.57. The van der Waals surface area contributed by atoms with Crippen LogP contribution in [0, 0.1) is 0 Å². The van der Waals surface area contributed by atoms with Gasteiger partial charge in [-0.2, -0.15) is 0 Å². The maximum Gasteiger partial charge on any atom is 0.164 e. The van der Waals surface area contributed by atoms with Gasteiger partial charge in [0.15, 0.2) is 5.78 Å². The Morgan fingerprint density at radius 1 is 1.47 bits per heavy atom. The Morgan fingerprint density at radius 3 is 2.87 bits per heavy atom. The highest BCUT2D eigenvalue weighted by molar-refractivity contribution is 9.10. The van der Waals surface area contributed by atoms with Crippen molar-refractivity contribution in [1.82, 2.24) is 4.57 Å². The summed E-state index contributed by atoms with van der Waals surface area (Å²) in [5, 5.41) is 1.03. The van der Waals surface area contributed by atoms with Crippen LogP contribution in [0.3, 0.4) is 0 Å². The van der Waals surface area contributed by atoms with Crippen molar-refractivity contribution in [2.75, 3.05) is 0 Å². The smallest absolute Gasteiger partial charge is 0.164 e. The lowest BCUT2D eigenvalue weighted by Crippen LogP contribution is -1.94. The molecule has 0 saturated heterocycles. The number of rotatable bonds is 2. The molecule has 78 valence electrons. The zero-order chi connectivity index (χ0) is 11.0. The van der Waals surface area contributed by atoms with Crippen LogP contribution in [0.5, 0.6) is 0 Å². The van der Waals surface area contributed by atoms with E-state index in [2.05, 4.69) is 15.9 Å². The van der Waals surface area contributed by atoms with Gasteiger partial charge >= 0.3 is 0 Å². The topological polar surface area (TPSA) is 22.0 Å². The van der Waals surface area contributed by atoms with E-state index in [-0.39, 0.29) is 5.78 Å². The Morgan fingerprint density at radius 2 is 2.20 bits per heavy atom. The van der Waals surface area contributed by atoms with E-state index >= 15 is 0 Å². The molecule has 0 fully saturated rings. The molecule has 0 atom stereocenters. The van der Waals surface area contributed by atoms with Gasteiger partial charge in [-0.3, -0.25) is 4.79 Å². The van der Waals surface area contributed by atoms with Gasteiger partial charge < -0.3 is 4.57 Å². The predicted octanol–water partition coefficient (Wildman–Crippen LogP) is 3.53. The third-order valence-electron chi connectivity index (χ3n) is 2.57. The minimum atomic E-state index is 0.193. The fraction of sp³-hybridized carbons (Fsp3) is 0.250. The molecular formula is C12H12BrNO. The number of halogens is 1. The van der Waals surface area contributed by atoms with Gasteiger partial charge in [-0.15, -0.1) is 0 Å². The summed E-state index contributed by atoms with van der Waals surface area (Å²) in [6.07, 6.45) is 2.45. The zero-order valence-electron chi connectivity index (χ0n) is 8.75. The van der Waals surface area contributed by atoms with Crippen LogP contribution in [0.15, 0.2) is 28.9 Å². The molecule has 0 bridgehead atoms. The summed E-state index contributed by atoms with van der Waals surface area (Å²) >= 11 is 3.50. The number of ketones is 1. The number of hydrogen-bond acceptors (Lipinski definition) is 1. The maximum absolute atomic E-state index is 11.7. The lowest BCUT2D eigenvalue weighted by molar-refractivity contribution is 0.0989. The van der Waals surface area contributed by atoms with Crippen molar-refractivity contribution in [3.63, 3.8) is 0 Å². The molecule has 0 aliphatic heterocycles. The predicted molar refractivity (Wildman–Crippen MR) is 65.2 cm³/mol. The molecule has 2 nitrogen and oxygen atoms in total. The Kier molecular flexibility index (Phi) is 2.65. The molecule has 1 aromatic carbocycles. The van der Waals surface area contributed by atoms with E-state index in [0.29, 0.717) is 6.42 Å². The van der Waals surface area contributed by atoms with Crippen LogP contribution in [0.4, 0.5) is 0 Å². The fourth-order valence-electron chi connectivity index (χ4n) is 1.83. The maximum atomic E-state index is 11.7. The highest BCUT2D eigenvalue weighted by Gasteiger charge is 2.13. The molecule has 15 heavy (non-hydrogen) atoms. The number of aromatic nitrogens is 1. The van der Waals surface area contributed by atoms with Crippen LogP contribution in [-0.2, 0) is 7.05 Å². The van der Waals surface area contributed by atoms with Crippen molar-refractivity contribution in [2.24, 2.45) is 7.05 Å². The largest absolute Gasteiger partial charge is 0.349 e. The minimum Gasteiger partial charge on any atom is -0.349 e. The third-order valence-corrected chi connectivity index (χ3v) is 3.21. The summed E-state index contributed by atoms with van der Waals surface area (Å²) in [5.41, 5.74) is 1.89. The Hall–Kier alpha value is -1.09. The number of benzene rings is 1. The first-order valence-electron chi connectivity index (χ1n) is 4.92. The van der Waals surface area contributed by atoms with Gasteiger partial charge in [0.25, 0.3) is 0 Å². The van der Waals surface area contributed by atoms with Crippen molar-refractivity contribution in [3.05, 3.63) is 34.4 Å². The van der Waals surface area contributed by atoms with E-state index in [4.69, 9.17) is 0 Å². The van der Waals surface area contributed by atoms with Gasteiger partial charge in [0, 0.05) is 35.1 Å². The second kappa shape index (κ2) is 3.81. The molecule has 3 heteroatoms. The van der Waals surface area contributed by atoms with Crippen LogP contribution >= 0.6 is 15.9 Å². The van der Waals surface area contributed by atoms with Crippen LogP contribution < -0.4 is 0 Å². The zero-order valence-corrected chi connectivity index (χ0v) is 10.3. The van der Waals surface area contributed by atoms with Crippen LogP contribution in [0.25, 0.3) is 10.9 Å². The number of nitrogens with zero attached hydrogens (tertiary/aromatic N) is 1. The Balaban J connectivity index is 2.79. The molecular weight excluding hydrogens is 254 g/mol. The molecule has 1 heterocycles. The molecule has 2 rings (SSSR count). The summed E-state index contributed by atoms with van der Waals surface area (Å²) in [7, 11) is 1.96. The number of aryl methyl sites for hydroxylation is 1. The first-order chi connectivity index (χ1) is 7.15. The monoisotopic (exact) mass is 265 g/mol. The van der Waals surface area contributed by atoms with Crippen molar-refractivity contribution in [1.29, 1.82) is 0 Å². The van der Waals surface area contributed by atoms with E-state index in [1.807, 2.05) is 42.9 Å². The highest BCUT2D eigenvalue weighted by atomic mass is 79.9. The molecule has 0 radical (unpaired) electrons. The lowest BCUT2D eigenvalue weighted by Gasteiger charge is -1.98. The van der Waals surface area contributed by atoms with Crippen molar-refractivity contribution < 1.29 is 4.79 Å². The molecule has 1 aromatic heterocycles. The number of Topliss-reactive ketones (excluding diaryl/α,β-unsaturated/α-hetero) is 1. The van der Waals surface area contributed by atoms with Gasteiger partial charge in [-0.25, -0.2) is 0 Å². The first-order valence-corrected chi connectivity index (χ1v) is 5.71. The molecule has 0 aliphatic rings. The van der Waals surface area contributed by atoms with Gasteiger partial charge in [-0.05, 0) is 22.0 Å². The van der Waals surface area contributed by atoms with E-state index in [1.54, 1.807) is 0 Å². The van der Waals surface area contributed by atoms with Crippen molar-refractivity contribution in [3.8, 4) is 0 Å². The standard InChI is InChI=1S/C12H12BrNO/c1-3-11(15)9-7-14(2)12-8(9)5-4-6-10(12)13/h4-7H,3H2,1-2H3. The number of para-hydroxylation sites is 1. The quantitative estimate of drug-likeness (QED) is 0.762. The van der Waals surface area contributed by atoms with Gasteiger partial charge in [0.1, 0.15) is 0 Å². The van der Waals surface area contributed by atoms with Crippen LogP contribution in [0.2, 0.25) is 0 Å². The van der Waals surface area contributed by atoms with Crippen LogP contribution in [-0.4, -0.2) is 10.4 Å². The van der Waals surface area contributed by atoms with E-state index < -0.39 is 0 Å². The molecule has 0 saturated carbocycles. The average molecular weight is 266 g/mol. The fourth-order valence-corrected chi connectivity index (χ4v) is 2.48. The number of hydrogen-bond donors (Lipinski definition) is 0. The molecule has 0 N–H and O–H groups in total. The van der Waals surface area contributed by atoms with Gasteiger partial charge in [0.2, 0.25) is 0 Å². The number of fused-ring (bicyclic) bond motifs is 1.